The summed E-state index contributed by atoms with van der Waals surface area (Å²) in [4.78, 5) is 0. The molecule has 0 unspecified atom stereocenters. The van der Waals surface area contributed by atoms with E-state index >= 15 is 0 Å². The first-order chi connectivity index (χ1) is 11.1. The van der Waals surface area contributed by atoms with E-state index in [2.05, 4.69) is 84.8 Å². The Bertz CT molecular complexity index is 920. The van der Waals surface area contributed by atoms with Crippen molar-refractivity contribution in [2.24, 2.45) is 0 Å². The number of aryl methyl sites for hydroxylation is 2. The van der Waals surface area contributed by atoms with E-state index in [1.54, 1.807) is 0 Å². The van der Waals surface area contributed by atoms with Crippen LogP contribution in [-0.2, 0) is 5.04 Å². The molecule has 3 aromatic carbocycles. The topological polar surface area (TPSA) is 0 Å². The maximum absolute atomic E-state index is 4.28. The second-order valence-electron chi connectivity index (χ2n) is 6.85. The third-order valence-corrected chi connectivity index (χ3v) is 6.48. The van der Waals surface area contributed by atoms with Gasteiger partial charge in [0.15, 0.2) is 0 Å². The number of benzene rings is 3. The van der Waals surface area contributed by atoms with Gasteiger partial charge in [0.25, 0.3) is 0 Å². The van der Waals surface area contributed by atoms with Gasteiger partial charge in [-0.2, -0.15) is 0 Å². The van der Waals surface area contributed by atoms with Gasteiger partial charge in [-0.1, -0.05) is 60.7 Å². The van der Waals surface area contributed by atoms with E-state index in [-0.39, 0.29) is 5.04 Å². The van der Waals surface area contributed by atoms with E-state index in [1.807, 2.05) is 0 Å². The van der Waals surface area contributed by atoms with E-state index in [0.29, 0.717) is 5.92 Å². The number of rotatable bonds is 0. The molecule has 0 spiro atoms. The predicted molar refractivity (Wildman–Crippen MR) is 95.4 cm³/mol. The smallest absolute Gasteiger partial charge is 0.0510 e. The van der Waals surface area contributed by atoms with Crippen LogP contribution in [-0.4, -0.2) is 10.2 Å². The molecule has 0 amide bonds. The molecule has 0 N–H and O–H groups in total. The summed E-state index contributed by atoms with van der Waals surface area (Å²) in [6, 6.07) is 22.4. The maximum Gasteiger partial charge on any atom is 0.0510 e. The van der Waals surface area contributed by atoms with Gasteiger partial charge in [-0.15, -0.1) is 0 Å². The van der Waals surface area contributed by atoms with Crippen LogP contribution in [0.2, 0.25) is 0 Å². The summed E-state index contributed by atoms with van der Waals surface area (Å²) in [5, 5.41) is -0.229. The third kappa shape index (κ3) is 1.42. The summed E-state index contributed by atoms with van der Waals surface area (Å²) >= 11 is 0. The van der Waals surface area contributed by atoms with Crippen molar-refractivity contribution in [3.63, 3.8) is 0 Å². The van der Waals surface area contributed by atoms with E-state index in [9.17, 15) is 0 Å². The van der Waals surface area contributed by atoms with Gasteiger partial charge < -0.3 is 0 Å². The Balaban J connectivity index is 2.02. The summed E-state index contributed by atoms with van der Waals surface area (Å²) in [5.41, 5.74) is 11.4. The van der Waals surface area contributed by atoms with Crippen molar-refractivity contribution < 1.29 is 0 Å². The Hall–Kier alpha value is -2.12. The van der Waals surface area contributed by atoms with Crippen molar-refractivity contribution in [1.29, 1.82) is 0 Å². The van der Waals surface area contributed by atoms with Gasteiger partial charge in [0.2, 0.25) is 0 Å². The molecule has 0 heterocycles. The molecule has 23 heavy (non-hydrogen) atoms. The molecule has 3 aliphatic rings. The first-order valence-electron chi connectivity index (χ1n) is 8.18. The van der Waals surface area contributed by atoms with Crippen LogP contribution in [0.4, 0.5) is 0 Å². The van der Waals surface area contributed by atoms with Crippen LogP contribution in [0.1, 0.15) is 50.4 Å². The number of hydrogen-bond donors (Lipinski definition) is 0. The van der Waals surface area contributed by atoms with Gasteiger partial charge >= 0.3 is 0 Å². The zero-order valence-electron chi connectivity index (χ0n) is 13.4. The summed E-state index contributed by atoms with van der Waals surface area (Å²) < 4.78 is 0. The molecule has 0 fully saturated rings. The summed E-state index contributed by atoms with van der Waals surface area (Å²) in [6.45, 7) is 4.49. The largest absolute Gasteiger partial charge is 0.0619 e. The van der Waals surface area contributed by atoms with Gasteiger partial charge in [-0.25, -0.2) is 0 Å². The van der Waals surface area contributed by atoms with Crippen molar-refractivity contribution >= 4 is 10.2 Å². The Labute approximate surface area is 140 Å². The highest BCUT2D eigenvalue weighted by atomic mass is 28.1. The van der Waals surface area contributed by atoms with Gasteiger partial charge in [0.1, 0.15) is 0 Å². The zero-order valence-corrected chi connectivity index (χ0v) is 14.4. The van der Waals surface area contributed by atoms with E-state index < -0.39 is 0 Å². The lowest BCUT2D eigenvalue weighted by atomic mass is 9.59. The monoisotopic (exact) mass is 309 g/mol. The molecule has 1 heteroatoms. The molecule has 0 saturated heterocycles. The standard InChI is InChI=1S/C22H17Si/c1-13-11-12-14(2)21-19(13)20-15-7-3-5-9-17(15)22(21,23)18-10-6-4-8-16(18)20/h3-12,20H,1-2H3. The zero-order chi connectivity index (χ0) is 15.8. The molecule has 6 rings (SSSR count). The van der Waals surface area contributed by atoms with E-state index in [0.717, 1.165) is 0 Å². The van der Waals surface area contributed by atoms with Crippen LogP contribution >= 0.6 is 0 Å². The van der Waals surface area contributed by atoms with Crippen LogP contribution in [0.5, 0.6) is 0 Å². The van der Waals surface area contributed by atoms with Gasteiger partial charge in [0.05, 0.1) is 10.2 Å². The Kier molecular flexibility index (Phi) is 2.46. The molecule has 2 bridgehead atoms. The third-order valence-electron chi connectivity index (χ3n) is 5.69. The molecule has 0 nitrogen and oxygen atoms in total. The Morgan fingerprint density at radius 1 is 0.739 bits per heavy atom. The number of hydrogen-bond acceptors (Lipinski definition) is 0. The van der Waals surface area contributed by atoms with Gasteiger partial charge in [-0.05, 0) is 58.4 Å². The minimum Gasteiger partial charge on any atom is -0.0619 e. The average molecular weight is 309 g/mol. The molecule has 3 radical (unpaired) electrons. The summed E-state index contributed by atoms with van der Waals surface area (Å²) in [7, 11) is 4.28. The van der Waals surface area contributed by atoms with Crippen molar-refractivity contribution in [3.05, 3.63) is 105 Å². The first kappa shape index (κ1) is 13.3. The van der Waals surface area contributed by atoms with Crippen molar-refractivity contribution in [1.82, 2.24) is 0 Å². The molecule has 0 aliphatic heterocycles. The van der Waals surface area contributed by atoms with Crippen LogP contribution < -0.4 is 0 Å². The molecule has 3 aliphatic carbocycles. The molecular formula is C22H17Si. The second-order valence-corrected chi connectivity index (χ2v) is 7.60. The molecular weight excluding hydrogens is 292 g/mol. The lowest BCUT2D eigenvalue weighted by Gasteiger charge is -2.50. The van der Waals surface area contributed by atoms with Crippen LogP contribution in [0.3, 0.4) is 0 Å². The van der Waals surface area contributed by atoms with Crippen molar-refractivity contribution in [3.8, 4) is 0 Å². The maximum atomic E-state index is 4.28. The highest BCUT2D eigenvalue weighted by Crippen LogP contribution is 2.58. The lowest BCUT2D eigenvalue weighted by molar-refractivity contribution is 0.694. The Morgan fingerprint density at radius 3 is 1.87 bits per heavy atom. The fraction of sp³-hybridized carbons (Fsp3) is 0.182. The predicted octanol–water partition coefficient (Wildman–Crippen LogP) is 4.57. The van der Waals surface area contributed by atoms with Gasteiger partial charge in [0, 0.05) is 11.0 Å². The minimum atomic E-state index is -0.229. The van der Waals surface area contributed by atoms with Gasteiger partial charge in [-0.3, -0.25) is 0 Å². The van der Waals surface area contributed by atoms with E-state index in [1.165, 1.54) is 44.5 Å². The normalized spacial score (nSPS) is 23.2. The van der Waals surface area contributed by atoms with E-state index in [4.69, 9.17) is 0 Å². The molecule has 0 aromatic heterocycles. The average Bonchev–Trinajstić information content (AvgIpc) is 2.58. The quantitative estimate of drug-likeness (QED) is 0.534. The van der Waals surface area contributed by atoms with Crippen LogP contribution in [0.15, 0.2) is 60.7 Å². The Morgan fingerprint density at radius 2 is 1.26 bits per heavy atom. The fourth-order valence-corrected chi connectivity index (χ4v) is 5.56. The molecule has 109 valence electrons. The van der Waals surface area contributed by atoms with Crippen molar-refractivity contribution in [2.75, 3.05) is 0 Å². The van der Waals surface area contributed by atoms with Crippen LogP contribution in [0.25, 0.3) is 0 Å². The van der Waals surface area contributed by atoms with Crippen LogP contribution in [0, 0.1) is 13.8 Å². The summed E-state index contributed by atoms with van der Waals surface area (Å²) in [6.07, 6.45) is 0. The molecule has 0 saturated carbocycles. The highest BCUT2D eigenvalue weighted by molar-refractivity contribution is 6.22. The second kappa shape index (κ2) is 4.24. The van der Waals surface area contributed by atoms with Crippen molar-refractivity contribution in [2.45, 2.75) is 24.8 Å². The molecule has 0 atom stereocenters. The SMILES string of the molecule is Cc1ccc(C)c2c1C1c3ccccc3C2([Si])c2ccccc21. The first-order valence-corrected chi connectivity index (χ1v) is 8.68. The lowest BCUT2D eigenvalue weighted by Crippen LogP contribution is -2.43. The highest BCUT2D eigenvalue weighted by Gasteiger charge is 2.49. The fourth-order valence-electron chi connectivity index (χ4n) is 4.78. The molecule has 3 aromatic rings. The summed E-state index contributed by atoms with van der Waals surface area (Å²) in [5.74, 6) is 0.357. The minimum absolute atomic E-state index is 0.229.